The highest BCUT2D eigenvalue weighted by Crippen LogP contribution is 2.43. The fourth-order valence-electron chi connectivity index (χ4n) is 2.57. The van der Waals surface area contributed by atoms with Crippen molar-refractivity contribution in [3.63, 3.8) is 0 Å². The lowest BCUT2D eigenvalue weighted by molar-refractivity contribution is 0.512. The lowest BCUT2D eigenvalue weighted by Gasteiger charge is -2.12. The highest BCUT2D eigenvalue weighted by atomic mass is 35.5. The molecular weight excluding hydrogens is 289 g/mol. The van der Waals surface area contributed by atoms with Crippen molar-refractivity contribution in [2.24, 2.45) is 5.92 Å². The number of hydrogen-bond donors (Lipinski definition) is 1. The molecule has 1 aromatic heterocycles. The van der Waals surface area contributed by atoms with Crippen LogP contribution in [0.25, 0.3) is 11.3 Å². The standard InChI is InChI=1S/C16H19ClFN3/c1-9(2)8-21-15(19)14(20-16(21)10-3-4-10)12-6-5-11(18)7-13(12)17/h5-7,9-10H,3-4,8,19H2,1-2H3. The van der Waals surface area contributed by atoms with Gasteiger partial charge in [0.1, 0.15) is 23.2 Å². The zero-order valence-corrected chi connectivity index (χ0v) is 13.0. The van der Waals surface area contributed by atoms with E-state index >= 15 is 0 Å². The molecule has 2 N–H and O–H groups in total. The van der Waals surface area contributed by atoms with Gasteiger partial charge in [-0.25, -0.2) is 9.37 Å². The normalized spacial score (nSPS) is 14.9. The predicted molar refractivity (Wildman–Crippen MR) is 83.9 cm³/mol. The molecule has 112 valence electrons. The van der Waals surface area contributed by atoms with Gasteiger partial charge in [0.2, 0.25) is 0 Å². The number of hydrogen-bond acceptors (Lipinski definition) is 2. The maximum Gasteiger partial charge on any atom is 0.131 e. The van der Waals surface area contributed by atoms with Crippen molar-refractivity contribution >= 4 is 17.4 Å². The van der Waals surface area contributed by atoms with Gasteiger partial charge in [0, 0.05) is 18.0 Å². The van der Waals surface area contributed by atoms with Gasteiger partial charge >= 0.3 is 0 Å². The summed E-state index contributed by atoms with van der Waals surface area (Å²) in [4.78, 5) is 4.72. The van der Waals surface area contributed by atoms with E-state index < -0.39 is 0 Å². The third-order valence-corrected chi connectivity index (χ3v) is 4.03. The third-order valence-electron chi connectivity index (χ3n) is 3.71. The first-order chi connectivity index (χ1) is 9.97. The van der Waals surface area contributed by atoms with Crippen LogP contribution in [0.1, 0.15) is 38.4 Å². The van der Waals surface area contributed by atoms with Gasteiger partial charge in [-0.1, -0.05) is 25.4 Å². The molecule has 0 atom stereocenters. The molecule has 1 aliphatic carbocycles. The van der Waals surface area contributed by atoms with E-state index in [1.54, 1.807) is 6.07 Å². The van der Waals surface area contributed by atoms with Crippen molar-refractivity contribution in [1.82, 2.24) is 9.55 Å². The number of nitrogen functional groups attached to an aromatic ring is 1. The first-order valence-corrected chi connectivity index (χ1v) is 7.66. The van der Waals surface area contributed by atoms with Crippen LogP contribution in [0, 0.1) is 11.7 Å². The number of imidazole rings is 1. The van der Waals surface area contributed by atoms with Crippen molar-refractivity contribution in [3.8, 4) is 11.3 Å². The first-order valence-electron chi connectivity index (χ1n) is 7.28. The molecule has 1 fully saturated rings. The molecule has 0 saturated heterocycles. The molecule has 3 nitrogen and oxygen atoms in total. The summed E-state index contributed by atoms with van der Waals surface area (Å²) in [5.41, 5.74) is 7.67. The highest BCUT2D eigenvalue weighted by Gasteiger charge is 2.31. The Labute approximate surface area is 128 Å². The van der Waals surface area contributed by atoms with Crippen LogP contribution >= 0.6 is 11.6 Å². The minimum atomic E-state index is -0.355. The number of nitrogens with zero attached hydrogens (tertiary/aromatic N) is 2. The molecule has 3 rings (SSSR count). The van der Waals surface area contributed by atoms with Gasteiger partial charge in [-0.05, 0) is 37.0 Å². The van der Waals surface area contributed by atoms with Crippen LogP contribution in [-0.4, -0.2) is 9.55 Å². The lowest BCUT2D eigenvalue weighted by atomic mass is 10.1. The average molecular weight is 308 g/mol. The minimum absolute atomic E-state index is 0.346. The SMILES string of the molecule is CC(C)Cn1c(C2CC2)nc(-c2ccc(F)cc2Cl)c1N. The second kappa shape index (κ2) is 5.34. The minimum Gasteiger partial charge on any atom is -0.383 e. The maximum atomic E-state index is 13.2. The van der Waals surface area contributed by atoms with Gasteiger partial charge in [-0.3, -0.25) is 0 Å². The molecule has 2 aromatic rings. The fourth-order valence-corrected chi connectivity index (χ4v) is 2.83. The van der Waals surface area contributed by atoms with E-state index in [9.17, 15) is 4.39 Å². The Bertz CT molecular complexity index is 674. The largest absolute Gasteiger partial charge is 0.383 e. The topological polar surface area (TPSA) is 43.8 Å². The molecule has 1 aromatic carbocycles. The Morgan fingerprint density at radius 2 is 2.14 bits per heavy atom. The van der Waals surface area contributed by atoms with Crippen molar-refractivity contribution in [2.75, 3.05) is 5.73 Å². The molecule has 1 saturated carbocycles. The Morgan fingerprint density at radius 3 is 2.71 bits per heavy atom. The number of benzene rings is 1. The molecular formula is C16H19ClFN3. The Kier molecular flexibility index (Phi) is 3.66. The van der Waals surface area contributed by atoms with E-state index in [2.05, 4.69) is 18.4 Å². The van der Waals surface area contributed by atoms with Crippen molar-refractivity contribution in [1.29, 1.82) is 0 Å². The van der Waals surface area contributed by atoms with Gasteiger partial charge in [0.15, 0.2) is 0 Å². The monoisotopic (exact) mass is 307 g/mol. The van der Waals surface area contributed by atoms with E-state index in [1.807, 2.05) is 0 Å². The Balaban J connectivity index is 2.10. The summed E-state index contributed by atoms with van der Waals surface area (Å²) in [7, 11) is 0. The van der Waals surface area contributed by atoms with E-state index in [4.69, 9.17) is 22.3 Å². The number of aromatic nitrogens is 2. The third kappa shape index (κ3) is 2.77. The molecule has 5 heteroatoms. The molecule has 0 radical (unpaired) electrons. The molecule has 0 aliphatic heterocycles. The van der Waals surface area contributed by atoms with Crippen LogP contribution in [0.15, 0.2) is 18.2 Å². The highest BCUT2D eigenvalue weighted by molar-refractivity contribution is 6.33. The number of rotatable bonds is 4. The predicted octanol–water partition coefficient (Wildman–Crippen LogP) is 4.46. The van der Waals surface area contributed by atoms with Gasteiger partial charge in [0.05, 0.1) is 5.02 Å². The fraction of sp³-hybridized carbons (Fsp3) is 0.438. The molecule has 0 spiro atoms. The smallest absolute Gasteiger partial charge is 0.131 e. The average Bonchev–Trinajstić information content (AvgIpc) is 3.18. The van der Waals surface area contributed by atoms with Crippen molar-refractivity contribution in [3.05, 3.63) is 34.9 Å². The molecule has 0 bridgehead atoms. The molecule has 1 aliphatic rings. The molecule has 1 heterocycles. The van der Waals surface area contributed by atoms with Crippen LogP contribution in [0.2, 0.25) is 5.02 Å². The number of halogens is 2. The summed E-state index contributed by atoms with van der Waals surface area (Å²) >= 11 is 6.15. The van der Waals surface area contributed by atoms with E-state index in [0.29, 0.717) is 33.9 Å². The number of nitrogens with two attached hydrogens (primary N) is 1. The Hall–Kier alpha value is -1.55. The van der Waals surface area contributed by atoms with E-state index in [1.165, 1.54) is 12.1 Å². The van der Waals surface area contributed by atoms with Crippen LogP contribution in [0.4, 0.5) is 10.2 Å². The summed E-state index contributed by atoms with van der Waals surface area (Å²) in [6, 6.07) is 4.33. The van der Waals surface area contributed by atoms with Crippen molar-refractivity contribution in [2.45, 2.75) is 39.2 Å². The van der Waals surface area contributed by atoms with Crippen LogP contribution in [0.5, 0.6) is 0 Å². The van der Waals surface area contributed by atoms with Crippen LogP contribution in [0.3, 0.4) is 0 Å². The summed E-state index contributed by atoms with van der Waals surface area (Å²) in [6.45, 7) is 5.14. The van der Waals surface area contributed by atoms with Crippen LogP contribution < -0.4 is 5.73 Å². The van der Waals surface area contributed by atoms with Gasteiger partial charge in [0.25, 0.3) is 0 Å². The van der Waals surface area contributed by atoms with Gasteiger partial charge in [-0.2, -0.15) is 0 Å². The molecule has 0 unspecified atom stereocenters. The summed E-state index contributed by atoms with van der Waals surface area (Å²) in [5, 5.41) is 0.346. The zero-order valence-electron chi connectivity index (χ0n) is 12.2. The van der Waals surface area contributed by atoms with Crippen LogP contribution in [-0.2, 0) is 6.54 Å². The molecule has 0 amide bonds. The van der Waals surface area contributed by atoms with E-state index in [-0.39, 0.29) is 5.82 Å². The maximum absolute atomic E-state index is 13.2. The summed E-state index contributed by atoms with van der Waals surface area (Å²) < 4.78 is 15.3. The second-order valence-electron chi connectivity index (χ2n) is 6.11. The van der Waals surface area contributed by atoms with Gasteiger partial charge < -0.3 is 10.3 Å². The second-order valence-corrected chi connectivity index (χ2v) is 6.51. The first kappa shape index (κ1) is 14.4. The van der Waals surface area contributed by atoms with E-state index in [0.717, 1.165) is 25.2 Å². The summed E-state index contributed by atoms with van der Waals surface area (Å²) in [6.07, 6.45) is 2.32. The molecule has 21 heavy (non-hydrogen) atoms. The summed E-state index contributed by atoms with van der Waals surface area (Å²) in [5.74, 6) is 2.29. The Morgan fingerprint density at radius 1 is 1.43 bits per heavy atom. The van der Waals surface area contributed by atoms with Crippen molar-refractivity contribution < 1.29 is 4.39 Å². The van der Waals surface area contributed by atoms with Gasteiger partial charge in [-0.15, -0.1) is 0 Å². The lowest BCUT2D eigenvalue weighted by Crippen LogP contribution is -2.11. The number of anilines is 1. The zero-order chi connectivity index (χ0) is 15.1. The quantitative estimate of drug-likeness (QED) is 0.906.